The topological polar surface area (TPSA) is 33.1 Å². The second-order valence-electron chi connectivity index (χ2n) is 7.57. The van der Waals surface area contributed by atoms with Crippen LogP contribution < -0.4 is 5.32 Å². The van der Waals surface area contributed by atoms with Gasteiger partial charge in [-0.1, -0.05) is 0 Å². The number of nitrogens with one attached hydrogen (secondary N) is 1. The molecular formula is C17H28N4. The molecule has 2 heterocycles. The van der Waals surface area contributed by atoms with Crippen LogP contribution in [0.15, 0.2) is 12.3 Å². The van der Waals surface area contributed by atoms with E-state index < -0.39 is 0 Å². The lowest BCUT2D eigenvalue weighted by molar-refractivity contribution is 0.0988. The van der Waals surface area contributed by atoms with Crippen LogP contribution in [0, 0.1) is 11.8 Å². The van der Waals surface area contributed by atoms with Gasteiger partial charge in [-0.2, -0.15) is 5.10 Å². The van der Waals surface area contributed by atoms with E-state index in [-0.39, 0.29) is 0 Å². The Kier molecular flexibility index (Phi) is 3.54. The Balaban J connectivity index is 1.45. The lowest BCUT2D eigenvalue weighted by Crippen LogP contribution is -2.57. The largest absolute Gasteiger partial charge is 0.311 e. The monoisotopic (exact) mass is 288 g/mol. The first-order valence-corrected chi connectivity index (χ1v) is 8.72. The maximum Gasteiger partial charge on any atom is 0.0765 e. The van der Waals surface area contributed by atoms with E-state index in [2.05, 4.69) is 41.0 Å². The maximum atomic E-state index is 4.76. The van der Waals surface area contributed by atoms with Gasteiger partial charge < -0.3 is 5.32 Å². The molecule has 1 aliphatic heterocycles. The first kappa shape index (κ1) is 13.8. The third kappa shape index (κ3) is 3.02. The molecule has 2 atom stereocenters. The number of piperazine rings is 1. The molecule has 1 aromatic rings. The van der Waals surface area contributed by atoms with Gasteiger partial charge >= 0.3 is 0 Å². The van der Waals surface area contributed by atoms with Crippen molar-refractivity contribution in [1.82, 2.24) is 20.0 Å². The smallest absolute Gasteiger partial charge is 0.0765 e. The van der Waals surface area contributed by atoms with Crippen LogP contribution in [0.1, 0.15) is 51.3 Å². The highest BCUT2D eigenvalue weighted by molar-refractivity contribution is 5.04. The van der Waals surface area contributed by atoms with Crippen LogP contribution in [0.2, 0.25) is 0 Å². The van der Waals surface area contributed by atoms with Gasteiger partial charge in [0, 0.05) is 44.0 Å². The molecule has 2 unspecified atom stereocenters. The third-order valence-electron chi connectivity index (χ3n) is 5.40. The molecule has 0 spiro atoms. The second kappa shape index (κ2) is 5.40. The van der Waals surface area contributed by atoms with Crippen LogP contribution in [0.5, 0.6) is 0 Å². The maximum absolute atomic E-state index is 4.76. The third-order valence-corrected chi connectivity index (χ3v) is 5.40. The van der Waals surface area contributed by atoms with E-state index in [1.807, 2.05) is 0 Å². The van der Waals surface area contributed by atoms with Crippen molar-refractivity contribution in [1.29, 1.82) is 0 Å². The molecule has 2 saturated carbocycles. The highest BCUT2D eigenvalue weighted by Crippen LogP contribution is 2.40. The first-order valence-electron chi connectivity index (χ1n) is 8.72. The van der Waals surface area contributed by atoms with Crippen molar-refractivity contribution < 1.29 is 0 Å². The average Bonchev–Trinajstić information content (AvgIpc) is 3.37. The number of rotatable bonds is 5. The molecule has 4 nitrogen and oxygen atoms in total. The molecule has 0 bridgehead atoms. The number of nitrogens with zero attached hydrogens (tertiary/aromatic N) is 3. The first-order chi connectivity index (χ1) is 10.2. The summed E-state index contributed by atoms with van der Waals surface area (Å²) in [6.07, 6.45) is 7.85. The summed E-state index contributed by atoms with van der Waals surface area (Å²) in [4.78, 5) is 2.73. The zero-order valence-corrected chi connectivity index (χ0v) is 13.3. The fourth-order valence-electron chi connectivity index (χ4n) is 3.75. The Morgan fingerprint density at radius 1 is 1.24 bits per heavy atom. The molecule has 3 aliphatic rings. The van der Waals surface area contributed by atoms with E-state index in [9.17, 15) is 0 Å². The van der Waals surface area contributed by atoms with E-state index in [4.69, 9.17) is 5.10 Å². The van der Waals surface area contributed by atoms with Crippen molar-refractivity contribution in [3.05, 3.63) is 18.0 Å². The van der Waals surface area contributed by atoms with Gasteiger partial charge in [0.15, 0.2) is 0 Å². The molecule has 0 amide bonds. The SMILES string of the molecule is CC(C)n1ccc(CN2CC(C3CC3)NCC2C2CC2)n1. The summed E-state index contributed by atoms with van der Waals surface area (Å²) in [6.45, 7) is 7.83. The summed E-state index contributed by atoms with van der Waals surface area (Å²) in [7, 11) is 0. The molecule has 1 aromatic heterocycles. The zero-order valence-electron chi connectivity index (χ0n) is 13.3. The van der Waals surface area contributed by atoms with Crippen LogP contribution in [0.25, 0.3) is 0 Å². The molecule has 3 fully saturated rings. The molecule has 2 aliphatic carbocycles. The number of hydrogen-bond acceptors (Lipinski definition) is 3. The predicted molar refractivity (Wildman–Crippen MR) is 84.0 cm³/mol. The van der Waals surface area contributed by atoms with Crippen molar-refractivity contribution in [3.8, 4) is 0 Å². The van der Waals surface area contributed by atoms with E-state index in [0.29, 0.717) is 6.04 Å². The van der Waals surface area contributed by atoms with Gasteiger partial charge in [-0.15, -0.1) is 0 Å². The molecule has 1 saturated heterocycles. The number of aromatic nitrogens is 2. The Labute approximate surface area is 127 Å². The minimum absolute atomic E-state index is 0.459. The summed E-state index contributed by atoms with van der Waals surface area (Å²) in [5.41, 5.74) is 1.24. The van der Waals surface area contributed by atoms with Crippen molar-refractivity contribution >= 4 is 0 Å². The van der Waals surface area contributed by atoms with Gasteiger partial charge in [-0.25, -0.2) is 0 Å². The van der Waals surface area contributed by atoms with E-state index >= 15 is 0 Å². The number of hydrogen-bond donors (Lipinski definition) is 1. The minimum Gasteiger partial charge on any atom is -0.311 e. The van der Waals surface area contributed by atoms with Gasteiger partial charge in [0.25, 0.3) is 0 Å². The fourth-order valence-corrected chi connectivity index (χ4v) is 3.75. The van der Waals surface area contributed by atoms with Crippen molar-refractivity contribution in [2.75, 3.05) is 13.1 Å². The average molecular weight is 288 g/mol. The van der Waals surface area contributed by atoms with Crippen LogP contribution in [-0.4, -0.2) is 39.9 Å². The molecule has 0 radical (unpaired) electrons. The summed E-state index contributed by atoms with van der Waals surface area (Å²) in [5.74, 6) is 1.88. The van der Waals surface area contributed by atoms with Gasteiger partial charge in [-0.05, 0) is 57.4 Å². The molecule has 21 heavy (non-hydrogen) atoms. The quantitative estimate of drug-likeness (QED) is 0.903. The van der Waals surface area contributed by atoms with E-state index in [1.165, 1.54) is 44.5 Å². The molecular weight excluding hydrogens is 260 g/mol. The minimum atomic E-state index is 0.459. The lowest BCUT2D eigenvalue weighted by Gasteiger charge is -2.40. The Morgan fingerprint density at radius 2 is 2.00 bits per heavy atom. The van der Waals surface area contributed by atoms with E-state index in [1.54, 1.807) is 0 Å². The van der Waals surface area contributed by atoms with Crippen molar-refractivity contribution in [3.63, 3.8) is 0 Å². The fraction of sp³-hybridized carbons (Fsp3) is 0.824. The van der Waals surface area contributed by atoms with Gasteiger partial charge in [0.2, 0.25) is 0 Å². The molecule has 1 N–H and O–H groups in total. The molecule has 4 rings (SSSR count). The lowest BCUT2D eigenvalue weighted by atomic mass is 10.0. The van der Waals surface area contributed by atoms with Crippen LogP contribution in [0.4, 0.5) is 0 Å². The van der Waals surface area contributed by atoms with Crippen LogP contribution in [-0.2, 0) is 6.54 Å². The molecule has 116 valence electrons. The van der Waals surface area contributed by atoms with Crippen LogP contribution in [0.3, 0.4) is 0 Å². The summed E-state index contributed by atoms with van der Waals surface area (Å²) in [6, 6.07) is 4.13. The molecule has 0 aromatic carbocycles. The zero-order chi connectivity index (χ0) is 14.4. The van der Waals surface area contributed by atoms with Crippen molar-refractivity contribution in [2.45, 2.75) is 64.2 Å². The second-order valence-corrected chi connectivity index (χ2v) is 7.57. The normalized spacial score (nSPS) is 31.0. The van der Waals surface area contributed by atoms with Crippen molar-refractivity contribution in [2.24, 2.45) is 11.8 Å². The highest BCUT2D eigenvalue weighted by atomic mass is 15.3. The summed E-state index contributed by atoms with van der Waals surface area (Å²) >= 11 is 0. The van der Waals surface area contributed by atoms with Gasteiger partial charge in [-0.3, -0.25) is 9.58 Å². The van der Waals surface area contributed by atoms with Crippen LogP contribution >= 0.6 is 0 Å². The summed E-state index contributed by atoms with van der Waals surface area (Å²) in [5, 5.41) is 8.58. The Bertz CT molecular complexity index is 487. The Morgan fingerprint density at radius 3 is 2.62 bits per heavy atom. The molecule has 4 heteroatoms. The van der Waals surface area contributed by atoms with Gasteiger partial charge in [0.1, 0.15) is 0 Å². The Hall–Kier alpha value is -0.870. The van der Waals surface area contributed by atoms with E-state index in [0.717, 1.165) is 30.5 Å². The van der Waals surface area contributed by atoms with Gasteiger partial charge in [0.05, 0.1) is 5.69 Å². The summed E-state index contributed by atoms with van der Waals surface area (Å²) < 4.78 is 2.09. The standard InChI is InChI=1S/C17H28N4/c1-12(2)21-8-7-15(19-21)10-20-11-16(13-3-4-13)18-9-17(20)14-5-6-14/h7-8,12-14,16-18H,3-6,9-11H2,1-2H3. The predicted octanol–water partition coefficient (Wildman–Crippen LogP) is 2.43. The highest BCUT2D eigenvalue weighted by Gasteiger charge is 2.42.